The van der Waals surface area contributed by atoms with E-state index in [1.165, 1.54) is 0 Å². The van der Waals surface area contributed by atoms with Crippen LogP contribution in [0.3, 0.4) is 0 Å². The van der Waals surface area contributed by atoms with Gasteiger partial charge in [-0.15, -0.1) is 0 Å². The molecule has 0 aromatic carbocycles. The Morgan fingerprint density at radius 2 is 1.62 bits per heavy atom. The van der Waals surface area contributed by atoms with Crippen molar-refractivity contribution >= 4 is 0 Å². The van der Waals surface area contributed by atoms with Gasteiger partial charge in [0.25, 0.3) is 0 Å². The van der Waals surface area contributed by atoms with Crippen molar-refractivity contribution in [1.29, 1.82) is 0 Å². The molecule has 0 heterocycles. The molecule has 0 bridgehead atoms. The first-order valence-corrected chi connectivity index (χ1v) is 2.51. The summed E-state index contributed by atoms with van der Waals surface area (Å²) in [6.07, 6.45) is 0. The van der Waals surface area contributed by atoms with E-state index >= 15 is 0 Å². The zero-order valence-corrected chi connectivity index (χ0v) is 6.05. The van der Waals surface area contributed by atoms with Crippen molar-refractivity contribution in [1.82, 2.24) is 0 Å². The molecule has 38 valence electrons. The van der Waals surface area contributed by atoms with Gasteiger partial charge in [0.1, 0.15) is 0 Å². The molecule has 0 rings (SSSR count). The van der Waals surface area contributed by atoms with Crippen molar-refractivity contribution < 1.29 is 24.6 Å². The summed E-state index contributed by atoms with van der Waals surface area (Å²) in [4.78, 5) is 9.13. The third kappa shape index (κ3) is 5.48. The van der Waals surface area contributed by atoms with Crippen LogP contribution in [0, 0.1) is 4.91 Å². The van der Waals surface area contributed by atoms with Crippen LogP contribution in [0.4, 0.5) is 0 Å². The Labute approximate surface area is 59.0 Å². The number of hydrogen-bond donors (Lipinski definition) is 0. The molecular weight excluding hydrogens is 191 g/mol. The van der Waals surface area contributed by atoms with E-state index in [-0.39, 0.29) is 0 Å². The molecular formula is N6OZr+2. The second-order valence-corrected chi connectivity index (χ2v) is 1.03. The fourth-order valence-electron chi connectivity index (χ4n) is 0.0721. The molecule has 0 N–H and O–H groups in total. The summed E-state index contributed by atoms with van der Waals surface area (Å²) in [7, 11) is 0. The van der Waals surface area contributed by atoms with Crippen LogP contribution in [-0.4, -0.2) is 0 Å². The summed E-state index contributed by atoms with van der Waals surface area (Å²) in [6, 6.07) is 0. The first-order chi connectivity index (χ1) is 3.91. The quantitative estimate of drug-likeness (QED) is 0.373. The Hall–Kier alpha value is -0.517. The van der Waals surface area contributed by atoms with Crippen LogP contribution in [0.1, 0.15) is 0 Å². The summed E-state index contributed by atoms with van der Waals surface area (Å²) >= 11 is 0.860. The van der Waals surface area contributed by atoms with Gasteiger partial charge in [0.15, 0.2) is 0 Å². The van der Waals surface area contributed by atoms with Crippen LogP contribution in [0.15, 0.2) is 29.2 Å². The molecule has 0 fully saturated rings. The van der Waals surface area contributed by atoms with Crippen LogP contribution < -0.4 is 0 Å². The van der Waals surface area contributed by atoms with Gasteiger partial charge in [-0.25, -0.2) is 0 Å². The average molecular weight is 191 g/mol. The van der Waals surface area contributed by atoms with Crippen molar-refractivity contribution in [2.24, 2.45) is 29.2 Å². The predicted octanol–water partition coefficient (Wildman–Crippen LogP) is 1.13. The molecule has 0 saturated carbocycles. The maximum atomic E-state index is 9.13. The summed E-state index contributed by atoms with van der Waals surface area (Å²) in [5, 5.41) is 13.4. The molecule has 0 aromatic rings. The normalized spacial score (nSPS) is 10.8. The van der Waals surface area contributed by atoms with Gasteiger partial charge in [0.2, 0.25) is 0 Å². The van der Waals surface area contributed by atoms with Gasteiger partial charge < -0.3 is 0 Å². The molecule has 0 saturated heterocycles. The van der Waals surface area contributed by atoms with E-state index in [0.29, 0.717) is 0 Å². The topological polar surface area (TPSA) is 91.2 Å². The number of nitroso groups, excluding NO2 is 1. The van der Waals surface area contributed by atoms with E-state index in [9.17, 15) is 0 Å². The number of rotatable bonds is 3. The molecule has 0 aliphatic carbocycles. The van der Waals surface area contributed by atoms with Crippen molar-refractivity contribution in [3.63, 3.8) is 0 Å². The molecule has 0 unspecified atom stereocenters. The molecule has 0 aliphatic heterocycles. The first-order valence-electron chi connectivity index (χ1n) is 1.41. The second-order valence-electron chi connectivity index (χ2n) is 0.539. The van der Waals surface area contributed by atoms with Crippen molar-refractivity contribution in [2.75, 3.05) is 0 Å². The molecule has 0 radical (unpaired) electrons. The van der Waals surface area contributed by atoms with Crippen LogP contribution in [0.5, 0.6) is 0 Å². The molecule has 0 spiro atoms. The molecule has 0 atom stereocenters. The Morgan fingerprint density at radius 1 is 1.00 bits per heavy atom. The molecule has 7 nitrogen and oxygen atoms in total. The van der Waals surface area contributed by atoms with Crippen molar-refractivity contribution in [2.45, 2.75) is 0 Å². The molecule has 0 aliphatic rings. The fourth-order valence-corrected chi connectivity index (χ4v) is 0.170. The van der Waals surface area contributed by atoms with Crippen LogP contribution >= 0.6 is 0 Å². The van der Waals surface area contributed by atoms with Crippen LogP contribution in [0.25, 0.3) is 0 Å². The average Bonchev–Trinajstić information content (AvgIpc) is 1.81. The van der Waals surface area contributed by atoms with E-state index in [4.69, 9.17) is 4.91 Å². The Balaban J connectivity index is 3.41. The van der Waals surface area contributed by atoms with Crippen molar-refractivity contribution in [3.8, 4) is 0 Å². The minimum atomic E-state index is 0.860. The van der Waals surface area contributed by atoms with Gasteiger partial charge in [0.05, 0.1) is 0 Å². The Morgan fingerprint density at radius 3 is 2.12 bits per heavy atom. The number of hydrogen-bond acceptors (Lipinski definition) is 2. The standard InChI is InChI=1S/N6O.Zr/c1-2-3-4-5-6-7;/q;+2/b3-2+,5-4+;. The van der Waals surface area contributed by atoms with Gasteiger partial charge in [0, 0.05) is 0 Å². The Kier molecular flexibility index (Phi) is 6.06. The summed E-state index contributed by atoms with van der Waals surface area (Å²) in [5.41, 5.74) is 0. The molecule has 8 heteroatoms. The van der Waals surface area contributed by atoms with E-state index in [1.54, 1.807) is 0 Å². The van der Waals surface area contributed by atoms with E-state index in [0.717, 1.165) is 24.6 Å². The summed E-state index contributed by atoms with van der Waals surface area (Å²) in [6.45, 7) is 0. The monoisotopic (exact) mass is 190 g/mol. The minimum absolute atomic E-state index is 0.860. The van der Waals surface area contributed by atoms with E-state index < -0.39 is 0 Å². The maximum absolute atomic E-state index is 9.13. The molecule has 8 heavy (non-hydrogen) atoms. The van der Waals surface area contributed by atoms with E-state index in [2.05, 4.69) is 23.9 Å². The second kappa shape index (κ2) is 6.48. The molecule has 0 aromatic heterocycles. The van der Waals surface area contributed by atoms with Gasteiger partial charge in [-0.2, -0.15) is 0 Å². The van der Waals surface area contributed by atoms with Gasteiger partial charge in [-0.05, 0) is 0 Å². The van der Waals surface area contributed by atoms with Crippen LogP contribution in [0.2, 0.25) is 0 Å². The van der Waals surface area contributed by atoms with E-state index in [1.807, 2.05) is 5.29 Å². The SMILES string of the molecule is O=N/N=N/N=N/[N]=[Zr+2]. The van der Waals surface area contributed by atoms with Gasteiger partial charge in [-0.3, -0.25) is 0 Å². The summed E-state index contributed by atoms with van der Waals surface area (Å²) in [5.74, 6) is 0. The van der Waals surface area contributed by atoms with Crippen LogP contribution in [-0.2, 0) is 24.6 Å². The third-order valence-electron chi connectivity index (χ3n) is 0.201. The van der Waals surface area contributed by atoms with Gasteiger partial charge in [-0.1, -0.05) is 0 Å². The predicted molar refractivity (Wildman–Crippen MR) is 17.9 cm³/mol. The third-order valence-corrected chi connectivity index (χ3v) is 0.421. The zero-order chi connectivity index (χ0) is 6.24. The van der Waals surface area contributed by atoms with Gasteiger partial charge >= 0.3 is 58.6 Å². The first kappa shape index (κ1) is 7.48. The Bertz CT molecular complexity index is 108. The summed E-state index contributed by atoms with van der Waals surface area (Å²) < 4.78 is 3.26. The van der Waals surface area contributed by atoms with Crippen molar-refractivity contribution in [3.05, 3.63) is 4.91 Å². The number of nitrogens with zero attached hydrogens (tertiary/aromatic N) is 6. The molecule has 0 amide bonds. The zero-order valence-electron chi connectivity index (χ0n) is 3.59. The fraction of sp³-hybridized carbons (Fsp3) is 0.